The molecule has 0 atom stereocenters. The van der Waals surface area contributed by atoms with Crippen molar-refractivity contribution in [3.05, 3.63) is 75.8 Å². The molecule has 6 heteroatoms. The summed E-state index contributed by atoms with van der Waals surface area (Å²) in [4.78, 5) is 23.6. The largest absolute Gasteiger partial charge is 0.465 e. The molecule has 0 saturated carbocycles. The number of hydrogen-bond acceptors (Lipinski definition) is 3. The Labute approximate surface area is 156 Å². The molecule has 0 bridgehead atoms. The number of nitrogens with one attached hydrogen (secondary N) is 1. The van der Waals surface area contributed by atoms with Gasteiger partial charge in [0.15, 0.2) is 0 Å². The third-order valence-electron chi connectivity index (χ3n) is 3.30. The van der Waals surface area contributed by atoms with Crippen molar-refractivity contribution in [1.29, 1.82) is 0 Å². The number of esters is 1. The summed E-state index contributed by atoms with van der Waals surface area (Å²) in [5, 5.41) is 3.72. The first-order valence-corrected chi connectivity index (χ1v) is 8.42. The molecule has 0 heterocycles. The van der Waals surface area contributed by atoms with Crippen molar-refractivity contribution < 1.29 is 14.3 Å². The molecule has 0 spiro atoms. The van der Waals surface area contributed by atoms with Gasteiger partial charge in [0.05, 0.1) is 6.61 Å². The Balaban J connectivity index is 2.27. The number of benzene rings is 2. The molecule has 0 aliphatic rings. The summed E-state index contributed by atoms with van der Waals surface area (Å²) in [6.45, 7) is 1.79. The van der Waals surface area contributed by atoms with E-state index < -0.39 is 11.9 Å². The zero-order chi connectivity index (χ0) is 18.2. The molecule has 0 fully saturated rings. The summed E-state index contributed by atoms with van der Waals surface area (Å²) in [5.74, 6) is -0.878. The average molecular weight is 378 g/mol. The topological polar surface area (TPSA) is 55.4 Å². The molecule has 1 amide bonds. The van der Waals surface area contributed by atoms with Gasteiger partial charge in [-0.05, 0) is 47.9 Å². The van der Waals surface area contributed by atoms with Gasteiger partial charge in [0, 0.05) is 16.1 Å². The zero-order valence-electron chi connectivity index (χ0n) is 13.6. The monoisotopic (exact) mass is 377 g/mol. The molecule has 2 rings (SSSR count). The minimum Gasteiger partial charge on any atom is -0.465 e. The maximum Gasteiger partial charge on any atom is 0.325 e. The maximum absolute atomic E-state index is 12.2. The molecule has 1 N–H and O–H groups in total. The summed E-state index contributed by atoms with van der Waals surface area (Å²) in [6.07, 6.45) is 1.44. The van der Waals surface area contributed by atoms with Crippen molar-refractivity contribution in [2.24, 2.45) is 0 Å². The fourth-order valence-electron chi connectivity index (χ4n) is 2.15. The fourth-order valence-corrected chi connectivity index (χ4v) is 2.40. The van der Waals surface area contributed by atoms with Crippen LogP contribution in [0.4, 0.5) is 0 Å². The quantitative estimate of drug-likeness (QED) is 0.608. The van der Waals surface area contributed by atoms with E-state index in [1.807, 2.05) is 24.3 Å². The first-order valence-electron chi connectivity index (χ1n) is 7.66. The summed E-state index contributed by atoms with van der Waals surface area (Å²) in [7, 11) is 0. The van der Waals surface area contributed by atoms with Gasteiger partial charge in [0.1, 0.15) is 6.54 Å². The molecule has 0 aromatic heterocycles. The molecule has 2 aromatic carbocycles. The van der Waals surface area contributed by atoms with Crippen LogP contribution in [0.1, 0.15) is 18.1 Å². The van der Waals surface area contributed by atoms with Crippen LogP contribution < -0.4 is 5.32 Å². The smallest absolute Gasteiger partial charge is 0.325 e. The van der Waals surface area contributed by atoms with Crippen LogP contribution in [0, 0.1) is 0 Å². The van der Waals surface area contributed by atoms with Crippen molar-refractivity contribution in [3.8, 4) is 0 Å². The Morgan fingerprint density at radius 1 is 0.960 bits per heavy atom. The van der Waals surface area contributed by atoms with E-state index in [0.29, 0.717) is 15.6 Å². The van der Waals surface area contributed by atoms with Gasteiger partial charge in [0.25, 0.3) is 0 Å². The number of amides is 1. The van der Waals surface area contributed by atoms with Crippen molar-refractivity contribution in [2.75, 3.05) is 13.2 Å². The van der Waals surface area contributed by atoms with Crippen LogP contribution in [0.15, 0.2) is 54.6 Å². The SMILES string of the molecule is CCOC(=O)CNC(=O)C=C(c1ccc(Cl)cc1)c1ccc(Cl)cc1. The lowest BCUT2D eigenvalue weighted by Crippen LogP contribution is -2.29. The predicted octanol–water partition coefficient (Wildman–Crippen LogP) is 4.10. The lowest BCUT2D eigenvalue weighted by molar-refractivity contribution is -0.143. The number of carbonyl (C=O) groups is 2. The Morgan fingerprint density at radius 3 is 1.88 bits per heavy atom. The van der Waals surface area contributed by atoms with Crippen molar-refractivity contribution >= 4 is 40.7 Å². The molecule has 25 heavy (non-hydrogen) atoms. The van der Waals surface area contributed by atoms with E-state index >= 15 is 0 Å². The van der Waals surface area contributed by atoms with Crippen LogP contribution in [-0.2, 0) is 14.3 Å². The molecule has 130 valence electrons. The normalized spacial score (nSPS) is 10.0. The fraction of sp³-hybridized carbons (Fsp3) is 0.158. The number of hydrogen-bond donors (Lipinski definition) is 1. The highest BCUT2D eigenvalue weighted by Crippen LogP contribution is 2.26. The van der Waals surface area contributed by atoms with Gasteiger partial charge in [-0.3, -0.25) is 9.59 Å². The third-order valence-corrected chi connectivity index (χ3v) is 3.80. The van der Waals surface area contributed by atoms with Crippen LogP contribution in [0.3, 0.4) is 0 Å². The molecule has 0 radical (unpaired) electrons. The van der Waals surface area contributed by atoms with Crippen LogP contribution in [0.2, 0.25) is 10.0 Å². The van der Waals surface area contributed by atoms with Gasteiger partial charge < -0.3 is 10.1 Å². The minimum atomic E-state index is -0.483. The summed E-state index contributed by atoms with van der Waals surface area (Å²) < 4.78 is 4.79. The first-order chi connectivity index (χ1) is 12.0. The van der Waals surface area contributed by atoms with Gasteiger partial charge in [-0.15, -0.1) is 0 Å². The Hall–Kier alpha value is -2.30. The number of ether oxygens (including phenoxy) is 1. The summed E-state index contributed by atoms with van der Waals surface area (Å²) in [6, 6.07) is 14.3. The lowest BCUT2D eigenvalue weighted by Gasteiger charge is -2.10. The summed E-state index contributed by atoms with van der Waals surface area (Å²) >= 11 is 11.9. The number of rotatable bonds is 6. The maximum atomic E-state index is 12.2. The standard InChI is InChI=1S/C19H17Cl2NO3/c1-2-25-19(24)12-22-18(23)11-17(13-3-7-15(20)8-4-13)14-5-9-16(21)10-6-14/h3-11H,2,12H2,1H3,(H,22,23). The molecule has 4 nitrogen and oxygen atoms in total. The first kappa shape index (κ1) is 19.0. The predicted molar refractivity (Wildman–Crippen MR) is 99.6 cm³/mol. The van der Waals surface area contributed by atoms with E-state index in [1.54, 1.807) is 31.2 Å². The second-order valence-electron chi connectivity index (χ2n) is 5.09. The third kappa shape index (κ3) is 5.93. The Kier molecular flexibility index (Phi) is 7.04. The lowest BCUT2D eigenvalue weighted by atomic mass is 9.97. The van der Waals surface area contributed by atoms with E-state index in [0.717, 1.165) is 11.1 Å². The van der Waals surface area contributed by atoms with Crippen LogP contribution in [0.5, 0.6) is 0 Å². The van der Waals surface area contributed by atoms with Gasteiger partial charge in [-0.2, -0.15) is 0 Å². The van der Waals surface area contributed by atoms with E-state index in [4.69, 9.17) is 27.9 Å². The van der Waals surface area contributed by atoms with Crippen molar-refractivity contribution in [1.82, 2.24) is 5.32 Å². The Morgan fingerprint density at radius 2 is 1.44 bits per heavy atom. The highest BCUT2D eigenvalue weighted by Gasteiger charge is 2.10. The zero-order valence-corrected chi connectivity index (χ0v) is 15.1. The second kappa shape index (κ2) is 9.25. The van der Waals surface area contributed by atoms with Gasteiger partial charge in [-0.1, -0.05) is 47.5 Å². The number of carbonyl (C=O) groups excluding carboxylic acids is 2. The molecule has 0 unspecified atom stereocenters. The number of halogens is 2. The molecule has 0 aliphatic heterocycles. The van der Waals surface area contributed by atoms with Crippen LogP contribution in [-0.4, -0.2) is 25.0 Å². The molecular weight excluding hydrogens is 361 g/mol. The highest BCUT2D eigenvalue weighted by molar-refractivity contribution is 6.31. The molecule has 2 aromatic rings. The molecular formula is C19H17Cl2NO3. The van der Waals surface area contributed by atoms with Crippen molar-refractivity contribution in [3.63, 3.8) is 0 Å². The van der Waals surface area contributed by atoms with E-state index in [-0.39, 0.29) is 13.2 Å². The van der Waals surface area contributed by atoms with Crippen LogP contribution >= 0.6 is 23.2 Å². The van der Waals surface area contributed by atoms with E-state index in [1.165, 1.54) is 6.08 Å². The van der Waals surface area contributed by atoms with Crippen molar-refractivity contribution in [2.45, 2.75) is 6.92 Å². The van der Waals surface area contributed by atoms with Gasteiger partial charge >= 0.3 is 5.97 Å². The van der Waals surface area contributed by atoms with Gasteiger partial charge in [0.2, 0.25) is 5.91 Å². The molecule has 0 saturated heterocycles. The average Bonchev–Trinajstić information content (AvgIpc) is 2.60. The van der Waals surface area contributed by atoms with Gasteiger partial charge in [-0.25, -0.2) is 0 Å². The Bertz CT molecular complexity index is 721. The minimum absolute atomic E-state index is 0.183. The molecule has 0 aliphatic carbocycles. The summed E-state index contributed by atoms with van der Waals surface area (Å²) in [5.41, 5.74) is 2.32. The van der Waals surface area contributed by atoms with E-state index in [9.17, 15) is 9.59 Å². The van der Waals surface area contributed by atoms with Crippen LogP contribution in [0.25, 0.3) is 5.57 Å². The second-order valence-corrected chi connectivity index (χ2v) is 5.97. The highest BCUT2D eigenvalue weighted by atomic mass is 35.5. The van der Waals surface area contributed by atoms with E-state index in [2.05, 4.69) is 5.32 Å².